The van der Waals surface area contributed by atoms with Crippen LogP contribution in [0.5, 0.6) is 0 Å². The molecule has 0 aromatic heterocycles. The summed E-state index contributed by atoms with van der Waals surface area (Å²) in [4.78, 5) is 12.4. The first-order chi connectivity index (χ1) is 13.5. The Morgan fingerprint density at radius 3 is 2.43 bits per heavy atom. The highest BCUT2D eigenvalue weighted by Crippen LogP contribution is 2.19. The molecule has 0 aliphatic carbocycles. The Bertz CT molecular complexity index is 905. The molecule has 8 heteroatoms. The number of carbonyl (C=O) groups is 1. The normalized spacial score (nSPS) is 15.3. The predicted octanol–water partition coefficient (Wildman–Crippen LogP) is 2.21. The van der Waals surface area contributed by atoms with Crippen molar-refractivity contribution < 1.29 is 27.4 Å². The van der Waals surface area contributed by atoms with Crippen molar-refractivity contribution in [2.45, 2.75) is 18.1 Å². The van der Waals surface area contributed by atoms with Gasteiger partial charge in [-0.3, -0.25) is 0 Å². The van der Waals surface area contributed by atoms with E-state index in [-0.39, 0.29) is 11.5 Å². The third-order valence-electron chi connectivity index (χ3n) is 4.38. The van der Waals surface area contributed by atoms with Gasteiger partial charge in [-0.1, -0.05) is 24.3 Å². The zero-order valence-electron chi connectivity index (χ0n) is 15.7. The van der Waals surface area contributed by atoms with E-state index in [9.17, 15) is 13.2 Å². The molecule has 1 aliphatic heterocycles. The summed E-state index contributed by atoms with van der Waals surface area (Å²) in [6.07, 6.45) is 0. The van der Waals surface area contributed by atoms with Gasteiger partial charge in [0, 0.05) is 20.2 Å². The van der Waals surface area contributed by atoms with Crippen molar-refractivity contribution in [2.75, 3.05) is 33.4 Å². The molecule has 0 saturated carbocycles. The molecule has 7 nitrogen and oxygen atoms in total. The minimum Gasteiger partial charge on any atom is -0.457 e. The van der Waals surface area contributed by atoms with Crippen LogP contribution in [0, 0.1) is 0 Å². The van der Waals surface area contributed by atoms with Crippen molar-refractivity contribution in [1.29, 1.82) is 0 Å². The second kappa shape index (κ2) is 9.29. The molecule has 28 heavy (non-hydrogen) atoms. The van der Waals surface area contributed by atoms with Crippen LogP contribution in [-0.2, 0) is 37.4 Å². The number of methoxy groups -OCH3 is 1. The van der Waals surface area contributed by atoms with Gasteiger partial charge in [0.2, 0.25) is 10.0 Å². The molecule has 3 rings (SSSR count). The molecular formula is C20H23NO6S. The Kier molecular flexibility index (Phi) is 6.79. The number of hydrogen-bond acceptors (Lipinski definition) is 6. The topological polar surface area (TPSA) is 82.1 Å². The molecule has 2 aromatic carbocycles. The van der Waals surface area contributed by atoms with E-state index in [1.807, 2.05) is 0 Å². The van der Waals surface area contributed by atoms with E-state index in [1.54, 1.807) is 55.6 Å². The van der Waals surface area contributed by atoms with Crippen LogP contribution in [0.1, 0.15) is 21.5 Å². The van der Waals surface area contributed by atoms with E-state index >= 15 is 0 Å². The summed E-state index contributed by atoms with van der Waals surface area (Å²) >= 11 is 0. The number of ether oxygens (including phenoxy) is 3. The summed E-state index contributed by atoms with van der Waals surface area (Å²) < 4.78 is 42.5. The maximum absolute atomic E-state index is 12.7. The molecule has 150 valence electrons. The summed E-state index contributed by atoms with van der Waals surface area (Å²) in [5.41, 5.74) is 2.00. The summed E-state index contributed by atoms with van der Waals surface area (Å²) in [5, 5.41) is 0. The van der Waals surface area contributed by atoms with Gasteiger partial charge < -0.3 is 14.2 Å². The van der Waals surface area contributed by atoms with Crippen LogP contribution in [0.4, 0.5) is 0 Å². The van der Waals surface area contributed by atoms with Gasteiger partial charge in [-0.05, 0) is 35.4 Å². The van der Waals surface area contributed by atoms with Crippen molar-refractivity contribution in [3.8, 4) is 0 Å². The molecule has 0 radical (unpaired) electrons. The molecule has 0 N–H and O–H groups in total. The summed E-state index contributed by atoms with van der Waals surface area (Å²) in [5.74, 6) is -0.467. The maximum atomic E-state index is 12.7. The Morgan fingerprint density at radius 1 is 1.04 bits per heavy atom. The van der Waals surface area contributed by atoms with Crippen LogP contribution in [0.2, 0.25) is 0 Å². The van der Waals surface area contributed by atoms with E-state index in [0.29, 0.717) is 44.0 Å². The Hall–Kier alpha value is -2.26. The number of rotatable bonds is 7. The zero-order valence-corrected chi connectivity index (χ0v) is 16.5. The molecule has 1 heterocycles. The molecule has 0 atom stereocenters. The molecule has 0 amide bonds. The molecule has 1 fully saturated rings. The largest absolute Gasteiger partial charge is 0.457 e. The second-order valence-corrected chi connectivity index (χ2v) is 8.31. The van der Waals surface area contributed by atoms with E-state index in [2.05, 4.69) is 0 Å². The van der Waals surface area contributed by atoms with E-state index in [4.69, 9.17) is 14.2 Å². The Labute approximate surface area is 164 Å². The lowest BCUT2D eigenvalue weighted by molar-refractivity contribution is 0.0472. The van der Waals surface area contributed by atoms with Crippen LogP contribution >= 0.6 is 0 Å². The highest BCUT2D eigenvalue weighted by Gasteiger charge is 2.26. The lowest BCUT2D eigenvalue weighted by Crippen LogP contribution is -2.40. The zero-order chi connectivity index (χ0) is 20.0. The van der Waals surface area contributed by atoms with Crippen LogP contribution in [0.15, 0.2) is 53.4 Å². The highest BCUT2D eigenvalue weighted by atomic mass is 32.2. The van der Waals surface area contributed by atoms with Gasteiger partial charge in [-0.25, -0.2) is 13.2 Å². The van der Waals surface area contributed by atoms with E-state index in [1.165, 1.54) is 4.31 Å². The first-order valence-corrected chi connectivity index (χ1v) is 10.4. The standard InChI is InChI=1S/C20H23NO6S/c1-25-14-16-5-7-18(8-6-16)20(22)27-15-17-3-2-4-19(13-17)28(23,24)21-9-11-26-12-10-21/h2-8,13H,9-12,14-15H2,1H3. The van der Waals surface area contributed by atoms with Gasteiger partial charge >= 0.3 is 5.97 Å². The van der Waals surface area contributed by atoms with Gasteiger partial charge in [0.25, 0.3) is 0 Å². The fraction of sp³-hybridized carbons (Fsp3) is 0.350. The van der Waals surface area contributed by atoms with Crippen LogP contribution in [-0.4, -0.2) is 52.1 Å². The number of carbonyl (C=O) groups excluding carboxylic acids is 1. The molecule has 0 spiro atoms. The number of hydrogen-bond donors (Lipinski definition) is 0. The number of morpholine rings is 1. The van der Waals surface area contributed by atoms with Gasteiger partial charge in [-0.15, -0.1) is 0 Å². The van der Waals surface area contributed by atoms with Gasteiger partial charge in [0.05, 0.1) is 30.3 Å². The van der Waals surface area contributed by atoms with Crippen molar-refractivity contribution in [3.05, 3.63) is 65.2 Å². The van der Waals surface area contributed by atoms with Crippen LogP contribution in [0.25, 0.3) is 0 Å². The third-order valence-corrected chi connectivity index (χ3v) is 6.27. The quantitative estimate of drug-likeness (QED) is 0.657. The minimum absolute atomic E-state index is 0.00880. The summed E-state index contributed by atoms with van der Waals surface area (Å²) in [7, 11) is -1.98. The summed E-state index contributed by atoms with van der Waals surface area (Å²) in [6.45, 7) is 1.91. The minimum atomic E-state index is -3.58. The highest BCUT2D eigenvalue weighted by molar-refractivity contribution is 7.89. The smallest absolute Gasteiger partial charge is 0.338 e. The van der Waals surface area contributed by atoms with E-state index < -0.39 is 16.0 Å². The molecule has 1 aliphatic rings. The molecule has 0 unspecified atom stereocenters. The number of benzene rings is 2. The Morgan fingerprint density at radius 2 is 1.75 bits per heavy atom. The first kappa shape index (κ1) is 20.5. The van der Waals surface area contributed by atoms with Crippen molar-refractivity contribution in [3.63, 3.8) is 0 Å². The maximum Gasteiger partial charge on any atom is 0.338 e. The van der Waals surface area contributed by atoms with Gasteiger partial charge in [-0.2, -0.15) is 4.31 Å². The van der Waals surface area contributed by atoms with Gasteiger partial charge in [0.15, 0.2) is 0 Å². The molecule has 1 saturated heterocycles. The average molecular weight is 405 g/mol. The fourth-order valence-electron chi connectivity index (χ4n) is 2.87. The number of nitrogens with zero attached hydrogens (tertiary/aromatic N) is 1. The number of sulfonamides is 1. The monoisotopic (exact) mass is 405 g/mol. The fourth-order valence-corrected chi connectivity index (χ4v) is 4.35. The van der Waals surface area contributed by atoms with Crippen molar-refractivity contribution in [2.24, 2.45) is 0 Å². The second-order valence-electron chi connectivity index (χ2n) is 6.37. The predicted molar refractivity (Wildman–Crippen MR) is 102 cm³/mol. The average Bonchev–Trinajstić information content (AvgIpc) is 2.73. The lowest BCUT2D eigenvalue weighted by atomic mass is 10.1. The first-order valence-electron chi connectivity index (χ1n) is 8.92. The third kappa shape index (κ3) is 4.96. The Balaban J connectivity index is 1.65. The summed E-state index contributed by atoms with van der Waals surface area (Å²) in [6, 6.07) is 13.4. The number of esters is 1. The van der Waals surface area contributed by atoms with Crippen molar-refractivity contribution in [1.82, 2.24) is 4.31 Å². The van der Waals surface area contributed by atoms with Crippen LogP contribution in [0.3, 0.4) is 0 Å². The molecular weight excluding hydrogens is 382 g/mol. The lowest BCUT2D eigenvalue weighted by Gasteiger charge is -2.26. The molecule has 0 bridgehead atoms. The SMILES string of the molecule is COCc1ccc(C(=O)OCc2cccc(S(=O)(=O)N3CCOCC3)c2)cc1. The molecule has 2 aromatic rings. The van der Waals surface area contributed by atoms with Crippen molar-refractivity contribution >= 4 is 16.0 Å². The van der Waals surface area contributed by atoms with Gasteiger partial charge in [0.1, 0.15) is 6.61 Å². The van der Waals surface area contributed by atoms with E-state index in [0.717, 1.165) is 5.56 Å². The van der Waals surface area contributed by atoms with Crippen LogP contribution < -0.4 is 0 Å².